The van der Waals surface area contributed by atoms with Crippen LogP contribution in [0.5, 0.6) is 0 Å². The van der Waals surface area contributed by atoms with Crippen molar-refractivity contribution < 1.29 is 8.42 Å². The number of aryl methyl sites for hydroxylation is 1. The second-order valence-electron chi connectivity index (χ2n) is 6.32. The number of aromatic nitrogens is 2. The zero-order valence-corrected chi connectivity index (χ0v) is 16.2. The highest BCUT2D eigenvalue weighted by Crippen LogP contribution is 2.23. The molecule has 0 fully saturated rings. The Labute approximate surface area is 153 Å². The Morgan fingerprint density at radius 2 is 1.92 bits per heavy atom. The molecule has 0 bridgehead atoms. The molecule has 0 aliphatic heterocycles. The largest absolute Gasteiger partial charge is 0.228 e. The maximum atomic E-state index is 12.2. The van der Waals surface area contributed by atoms with E-state index in [1.54, 1.807) is 12.3 Å². The highest BCUT2D eigenvalue weighted by atomic mass is 35.5. The van der Waals surface area contributed by atoms with Gasteiger partial charge in [0.25, 0.3) is 0 Å². The molecule has 4 nitrogen and oxygen atoms in total. The fraction of sp³-hybridized carbons (Fsp3) is 0.412. The second-order valence-corrected chi connectivity index (χ2v) is 9.17. The lowest BCUT2D eigenvalue weighted by Crippen LogP contribution is -2.14. The monoisotopic (exact) mass is 386 g/mol. The molecule has 0 aliphatic carbocycles. The first kappa shape index (κ1) is 19.2. The first-order chi connectivity index (χ1) is 11.2. The molecule has 0 atom stereocenters. The van der Waals surface area contributed by atoms with Crippen molar-refractivity contribution in [1.82, 2.24) is 9.97 Å². The van der Waals surface area contributed by atoms with Crippen molar-refractivity contribution in [2.45, 2.75) is 32.9 Å². The van der Waals surface area contributed by atoms with E-state index in [0.717, 1.165) is 16.8 Å². The minimum absolute atomic E-state index is 0.0542. The van der Waals surface area contributed by atoms with Crippen molar-refractivity contribution in [3.05, 3.63) is 57.1 Å². The molecule has 0 radical (unpaired) electrons. The molecule has 0 amide bonds. The Kier molecular flexibility index (Phi) is 6.23. The fourth-order valence-electron chi connectivity index (χ4n) is 2.48. The summed E-state index contributed by atoms with van der Waals surface area (Å²) in [6.45, 7) is 5.68. The normalized spacial score (nSPS) is 11.9. The van der Waals surface area contributed by atoms with Gasteiger partial charge in [0.1, 0.15) is 0 Å². The highest BCUT2D eigenvalue weighted by molar-refractivity contribution is 7.90. The summed E-state index contributed by atoms with van der Waals surface area (Å²) >= 11 is 12.0. The third-order valence-corrected chi connectivity index (χ3v) is 5.97. The van der Waals surface area contributed by atoms with Crippen LogP contribution in [0.1, 0.15) is 36.2 Å². The molecule has 1 heterocycles. The van der Waals surface area contributed by atoms with Gasteiger partial charge in [0, 0.05) is 17.6 Å². The van der Waals surface area contributed by atoms with Crippen molar-refractivity contribution in [3.8, 4) is 0 Å². The van der Waals surface area contributed by atoms with Gasteiger partial charge in [-0.15, -0.1) is 0 Å². The van der Waals surface area contributed by atoms with E-state index in [-0.39, 0.29) is 22.7 Å². The van der Waals surface area contributed by atoms with Crippen LogP contribution in [-0.4, -0.2) is 24.1 Å². The quantitative estimate of drug-likeness (QED) is 0.695. The molecule has 0 N–H and O–H groups in total. The van der Waals surface area contributed by atoms with Gasteiger partial charge in [0.05, 0.1) is 17.2 Å². The molecule has 7 heteroatoms. The van der Waals surface area contributed by atoms with Gasteiger partial charge in [-0.3, -0.25) is 0 Å². The first-order valence-corrected chi connectivity index (χ1v) is 10.2. The van der Waals surface area contributed by atoms with E-state index in [4.69, 9.17) is 23.2 Å². The summed E-state index contributed by atoms with van der Waals surface area (Å²) in [5.74, 6) is 0.179. The molecule has 130 valence electrons. The third kappa shape index (κ3) is 5.43. The Morgan fingerprint density at radius 1 is 1.21 bits per heavy atom. The SMILES string of the molecule is Cc1cnc(Cl)nc1Cc1ccc(Cl)c(CS(=O)(=O)CC(C)C)c1. The molecule has 2 aromatic rings. The minimum atomic E-state index is -3.19. The maximum Gasteiger partial charge on any atom is 0.222 e. The molecule has 0 aliphatic rings. The van der Waals surface area contributed by atoms with Gasteiger partial charge in [-0.25, -0.2) is 18.4 Å². The van der Waals surface area contributed by atoms with E-state index in [1.807, 2.05) is 32.9 Å². The number of sulfone groups is 1. The van der Waals surface area contributed by atoms with Crippen LogP contribution in [-0.2, 0) is 22.0 Å². The van der Waals surface area contributed by atoms with E-state index in [9.17, 15) is 8.42 Å². The van der Waals surface area contributed by atoms with Crippen LogP contribution in [0.25, 0.3) is 0 Å². The third-order valence-electron chi connectivity index (χ3n) is 3.49. The van der Waals surface area contributed by atoms with Gasteiger partial charge < -0.3 is 0 Å². The van der Waals surface area contributed by atoms with Gasteiger partial charge in [0.15, 0.2) is 9.84 Å². The average Bonchev–Trinajstić information content (AvgIpc) is 2.44. The Morgan fingerprint density at radius 3 is 2.58 bits per heavy atom. The zero-order valence-electron chi connectivity index (χ0n) is 13.9. The van der Waals surface area contributed by atoms with Crippen LogP contribution >= 0.6 is 23.2 Å². The summed E-state index contributed by atoms with van der Waals surface area (Å²) in [5.41, 5.74) is 3.30. The van der Waals surface area contributed by atoms with Crippen LogP contribution in [0.4, 0.5) is 0 Å². The molecule has 2 rings (SSSR count). The summed E-state index contributed by atoms with van der Waals surface area (Å²) < 4.78 is 24.5. The molecule has 0 saturated heterocycles. The number of hydrogen-bond donors (Lipinski definition) is 0. The van der Waals surface area contributed by atoms with Gasteiger partial charge >= 0.3 is 0 Å². The van der Waals surface area contributed by atoms with Crippen LogP contribution in [0.2, 0.25) is 10.3 Å². The van der Waals surface area contributed by atoms with E-state index < -0.39 is 9.84 Å². The minimum Gasteiger partial charge on any atom is -0.228 e. The Bertz CT molecular complexity index is 836. The zero-order chi connectivity index (χ0) is 17.9. The Balaban J connectivity index is 2.27. The van der Waals surface area contributed by atoms with Crippen LogP contribution in [0.15, 0.2) is 24.4 Å². The summed E-state index contributed by atoms with van der Waals surface area (Å²) in [5, 5.41) is 0.660. The molecule has 24 heavy (non-hydrogen) atoms. The van der Waals surface area contributed by atoms with Gasteiger partial charge in [-0.2, -0.15) is 0 Å². The van der Waals surface area contributed by atoms with E-state index in [2.05, 4.69) is 9.97 Å². The van der Waals surface area contributed by atoms with Gasteiger partial charge in [-0.05, 0) is 47.2 Å². The van der Waals surface area contributed by atoms with E-state index in [0.29, 0.717) is 17.0 Å². The molecule has 1 aromatic carbocycles. The number of halogens is 2. The lowest BCUT2D eigenvalue weighted by molar-refractivity contribution is 0.581. The summed E-state index contributed by atoms with van der Waals surface area (Å²) in [4.78, 5) is 8.18. The van der Waals surface area contributed by atoms with Crippen molar-refractivity contribution in [1.29, 1.82) is 0 Å². The van der Waals surface area contributed by atoms with Gasteiger partial charge in [-0.1, -0.05) is 37.6 Å². The topological polar surface area (TPSA) is 59.9 Å². The lowest BCUT2D eigenvalue weighted by atomic mass is 10.0. The summed E-state index contributed by atoms with van der Waals surface area (Å²) in [7, 11) is -3.19. The number of hydrogen-bond acceptors (Lipinski definition) is 4. The fourth-order valence-corrected chi connectivity index (χ4v) is 4.74. The molecule has 0 spiro atoms. The predicted octanol–water partition coefficient (Wildman–Crippen LogP) is 4.25. The standard InChI is InChI=1S/C17H20Cl2N2O2S/c1-11(2)9-24(22,23)10-14-6-13(4-5-15(14)18)7-16-12(3)8-20-17(19)21-16/h4-6,8,11H,7,9-10H2,1-3H3. The van der Waals surface area contributed by atoms with E-state index >= 15 is 0 Å². The maximum absolute atomic E-state index is 12.2. The molecule has 0 unspecified atom stereocenters. The number of rotatable bonds is 6. The van der Waals surface area contributed by atoms with E-state index in [1.165, 1.54) is 0 Å². The van der Waals surface area contributed by atoms with Crippen molar-refractivity contribution in [2.24, 2.45) is 5.92 Å². The number of benzene rings is 1. The highest BCUT2D eigenvalue weighted by Gasteiger charge is 2.17. The van der Waals surface area contributed by atoms with Crippen molar-refractivity contribution in [2.75, 3.05) is 5.75 Å². The number of nitrogens with zero attached hydrogens (tertiary/aromatic N) is 2. The van der Waals surface area contributed by atoms with Crippen LogP contribution in [0.3, 0.4) is 0 Å². The summed E-state index contributed by atoms with van der Waals surface area (Å²) in [6, 6.07) is 5.43. The molecule has 0 saturated carbocycles. The predicted molar refractivity (Wildman–Crippen MR) is 98.4 cm³/mol. The molecule has 1 aromatic heterocycles. The van der Waals surface area contributed by atoms with Crippen molar-refractivity contribution in [3.63, 3.8) is 0 Å². The average molecular weight is 387 g/mol. The van der Waals surface area contributed by atoms with Crippen LogP contribution in [0, 0.1) is 12.8 Å². The lowest BCUT2D eigenvalue weighted by Gasteiger charge is -2.11. The summed E-state index contributed by atoms with van der Waals surface area (Å²) in [6.07, 6.45) is 2.22. The smallest absolute Gasteiger partial charge is 0.222 e. The van der Waals surface area contributed by atoms with Gasteiger partial charge in [0.2, 0.25) is 5.28 Å². The second kappa shape index (κ2) is 7.81. The first-order valence-electron chi connectivity index (χ1n) is 7.62. The molecular formula is C17H20Cl2N2O2S. The molecular weight excluding hydrogens is 367 g/mol. The Hall–Kier alpha value is -1.17. The van der Waals surface area contributed by atoms with Crippen LogP contribution < -0.4 is 0 Å². The van der Waals surface area contributed by atoms with Crippen molar-refractivity contribution >= 4 is 33.0 Å².